The van der Waals surface area contributed by atoms with Crippen molar-refractivity contribution in [3.05, 3.63) is 0 Å². The third kappa shape index (κ3) is 7.25. The first-order valence-corrected chi connectivity index (χ1v) is 8.56. The molecule has 0 aliphatic carbocycles. The number of sulfonamides is 1. The molecule has 0 heterocycles. The fourth-order valence-electron chi connectivity index (χ4n) is 1.75. The summed E-state index contributed by atoms with van der Waals surface area (Å²) >= 11 is 0. The summed E-state index contributed by atoms with van der Waals surface area (Å²) in [6.45, 7) is 11.1. The molecule has 0 aliphatic rings. The van der Waals surface area contributed by atoms with E-state index < -0.39 is 10.0 Å². The topological polar surface area (TPSA) is 52.7 Å². The number of likely N-dealkylation sites (N-methyl/N-ethyl adjacent to an activating group) is 1. The van der Waals surface area contributed by atoms with Gasteiger partial charge < -0.3 is 10.2 Å². The lowest BCUT2D eigenvalue weighted by molar-refractivity contribution is 0.310. The van der Waals surface area contributed by atoms with Gasteiger partial charge in [-0.05, 0) is 33.5 Å². The van der Waals surface area contributed by atoms with Gasteiger partial charge in [-0.1, -0.05) is 20.8 Å². The van der Waals surface area contributed by atoms with Gasteiger partial charge in [0.25, 0.3) is 0 Å². The first-order chi connectivity index (χ1) is 8.71. The molecule has 0 aromatic heterocycles. The fourth-order valence-corrected chi connectivity index (χ4v) is 3.43. The maximum atomic E-state index is 12.6. The second kappa shape index (κ2) is 8.89. The molecule has 0 aromatic carbocycles. The number of hydrogen-bond acceptors (Lipinski definition) is 4. The monoisotopic (exact) mass is 293 g/mol. The van der Waals surface area contributed by atoms with E-state index in [0.717, 1.165) is 13.1 Å². The molecular formula is C13H31N3O2S. The molecule has 1 atom stereocenters. The molecule has 0 aliphatic heterocycles. The van der Waals surface area contributed by atoms with Crippen molar-refractivity contribution in [3.8, 4) is 0 Å². The minimum Gasteiger partial charge on any atom is -0.316 e. The van der Waals surface area contributed by atoms with Gasteiger partial charge in [0, 0.05) is 26.2 Å². The van der Waals surface area contributed by atoms with Gasteiger partial charge in [0.05, 0.1) is 5.25 Å². The highest BCUT2D eigenvalue weighted by atomic mass is 32.2. The normalized spacial score (nSPS) is 14.6. The van der Waals surface area contributed by atoms with Crippen molar-refractivity contribution < 1.29 is 8.42 Å². The van der Waals surface area contributed by atoms with Gasteiger partial charge in [-0.25, -0.2) is 12.7 Å². The zero-order valence-corrected chi connectivity index (χ0v) is 14.1. The Balaban J connectivity index is 4.79. The van der Waals surface area contributed by atoms with Crippen LogP contribution in [0.2, 0.25) is 0 Å². The van der Waals surface area contributed by atoms with Gasteiger partial charge in [0.15, 0.2) is 0 Å². The predicted molar refractivity (Wildman–Crippen MR) is 81.9 cm³/mol. The Morgan fingerprint density at radius 3 is 2.11 bits per heavy atom. The molecule has 0 saturated carbocycles. The van der Waals surface area contributed by atoms with Crippen LogP contribution in [-0.4, -0.2) is 69.7 Å². The Bertz CT molecular complexity index is 329. The zero-order valence-electron chi connectivity index (χ0n) is 13.3. The number of hydrogen-bond donors (Lipinski definition) is 1. The summed E-state index contributed by atoms with van der Waals surface area (Å²) in [6, 6.07) is 0. The van der Waals surface area contributed by atoms with E-state index in [4.69, 9.17) is 0 Å². The van der Waals surface area contributed by atoms with E-state index in [0.29, 0.717) is 25.6 Å². The van der Waals surface area contributed by atoms with Crippen LogP contribution in [0.4, 0.5) is 0 Å². The third-order valence-corrected chi connectivity index (χ3v) is 5.15. The van der Waals surface area contributed by atoms with E-state index in [-0.39, 0.29) is 5.25 Å². The molecule has 0 spiro atoms. The van der Waals surface area contributed by atoms with Gasteiger partial charge in [0.2, 0.25) is 10.0 Å². The molecule has 1 N–H and O–H groups in total. The van der Waals surface area contributed by atoms with Crippen molar-refractivity contribution in [1.82, 2.24) is 14.5 Å². The minimum atomic E-state index is -3.22. The van der Waals surface area contributed by atoms with E-state index in [9.17, 15) is 8.42 Å². The summed E-state index contributed by atoms with van der Waals surface area (Å²) in [6.07, 6.45) is 0. The molecule has 116 valence electrons. The van der Waals surface area contributed by atoms with Crippen molar-refractivity contribution in [2.75, 3.05) is 46.8 Å². The van der Waals surface area contributed by atoms with Gasteiger partial charge in [0.1, 0.15) is 0 Å². The van der Waals surface area contributed by atoms with E-state index in [1.165, 1.54) is 0 Å². The molecule has 0 rings (SSSR count). The number of nitrogens with one attached hydrogen (secondary N) is 1. The quantitative estimate of drug-likeness (QED) is 0.648. The van der Waals surface area contributed by atoms with Crippen molar-refractivity contribution in [1.29, 1.82) is 0 Å². The van der Waals surface area contributed by atoms with Crippen LogP contribution in [0.3, 0.4) is 0 Å². The summed E-state index contributed by atoms with van der Waals surface area (Å²) in [7, 11) is 0.701. The number of rotatable bonds is 10. The molecule has 19 heavy (non-hydrogen) atoms. The van der Waals surface area contributed by atoms with Crippen LogP contribution >= 0.6 is 0 Å². The Morgan fingerprint density at radius 2 is 1.68 bits per heavy atom. The maximum absolute atomic E-state index is 12.6. The average molecular weight is 293 g/mol. The molecule has 0 fully saturated rings. The predicted octanol–water partition coefficient (Wildman–Crippen LogP) is 0.834. The first-order valence-electron chi connectivity index (χ1n) is 7.06. The standard InChI is InChI=1S/C13H31N3O2S/c1-7-14-10-13(4)19(17,18)16(11-12(2)3)9-8-15(5)6/h12-14H,7-11H2,1-6H3. The lowest BCUT2D eigenvalue weighted by Crippen LogP contribution is -2.45. The molecule has 0 radical (unpaired) electrons. The van der Waals surface area contributed by atoms with Gasteiger partial charge in [-0.2, -0.15) is 0 Å². The van der Waals surface area contributed by atoms with Crippen molar-refractivity contribution in [3.63, 3.8) is 0 Å². The van der Waals surface area contributed by atoms with Crippen molar-refractivity contribution >= 4 is 10.0 Å². The summed E-state index contributed by atoms with van der Waals surface area (Å²) < 4.78 is 26.7. The second-order valence-corrected chi connectivity index (χ2v) is 8.07. The summed E-state index contributed by atoms with van der Waals surface area (Å²) in [5.41, 5.74) is 0. The van der Waals surface area contributed by atoms with Gasteiger partial charge in [-0.15, -0.1) is 0 Å². The average Bonchev–Trinajstić information content (AvgIpc) is 2.30. The van der Waals surface area contributed by atoms with Crippen LogP contribution in [0.5, 0.6) is 0 Å². The number of nitrogens with zero attached hydrogens (tertiary/aromatic N) is 2. The van der Waals surface area contributed by atoms with Gasteiger partial charge >= 0.3 is 0 Å². The molecular weight excluding hydrogens is 262 g/mol. The van der Waals surface area contributed by atoms with E-state index in [1.807, 2.05) is 39.8 Å². The molecule has 0 amide bonds. The minimum absolute atomic E-state index is 0.336. The van der Waals surface area contributed by atoms with Crippen LogP contribution in [0.15, 0.2) is 0 Å². The summed E-state index contributed by atoms with van der Waals surface area (Å²) in [5.74, 6) is 0.336. The fraction of sp³-hybridized carbons (Fsp3) is 1.00. The van der Waals surface area contributed by atoms with Crippen LogP contribution in [0, 0.1) is 5.92 Å². The Labute approximate surface area is 119 Å². The smallest absolute Gasteiger partial charge is 0.218 e. The lowest BCUT2D eigenvalue weighted by Gasteiger charge is -2.28. The Morgan fingerprint density at radius 1 is 1.11 bits per heavy atom. The van der Waals surface area contributed by atoms with Crippen LogP contribution in [0.25, 0.3) is 0 Å². The highest BCUT2D eigenvalue weighted by Gasteiger charge is 2.28. The van der Waals surface area contributed by atoms with Gasteiger partial charge in [-0.3, -0.25) is 0 Å². The van der Waals surface area contributed by atoms with Crippen LogP contribution in [-0.2, 0) is 10.0 Å². The summed E-state index contributed by atoms with van der Waals surface area (Å²) in [4.78, 5) is 2.01. The SMILES string of the molecule is CCNCC(C)S(=O)(=O)N(CCN(C)C)CC(C)C. The van der Waals surface area contributed by atoms with Crippen molar-refractivity contribution in [2.45, 2.75) is 32.9 Å². The van der Waals surface area contributed by atoms with Crippen molar-refractivity contribution in [2.24, 2.45) is 5.92 Å². The van der Waals surface area contributed by atoms with Crippen LogP contribution in [0.1, 0.15) is 27.7 Å². The third-order valence-electron chi connectivity index (χ3n) is 2.92. The van der Waals surface area contributed by atoms with E-state index in [1.54, 1.807) is 11.2 Å². The Hall–Kier alpha value is -0.170. The molecule has 0 bridgehead atoms. The second-order valence-electron chi connectivity index (χ2n) is 5.72. The van der Waals surface area contributed by atoms with E-state index >= 15 is 0 Å². The van der Waals surface area contributed by atoms with Crippen LogP contribution < -0.4 is 5.32 Å². The lowest BCUT2D eigenvalue weighted by atomic mass is 10.2. The molecule has 0 aromatic rings. The largest absolute Gasteiger partial charge is 0.316 e. The first kappa shape index (κ1) is 18.8. The Kier molecular flexibility index (Phi) is 8.81. The molecule has 1 unspecified atom stereocenters. The molecule has 6 heteroatoms. The molecule has 5 nitrogen and oxygen atoms in total. The zero-order chi connectivity index (χ0) is 15.1. The summed E-state index contributed by atoms with van der Waals surface area (Å²) in [5, 5.41) is 2.73. The highest BCUT2D eigenvalue weighted by Crippen LogP contribution is 2.11. The molecule has 0 saturated heterocycles. The maximum Gasteiger partial charge on any atom is 0.218 e. The highest BCUT2D eigenvalue weighted by molar-refractivity contribution is 7.89. The van der Waals surface area contributed by atoms with E-state index in [2.05, 4.69) is 5.32 Å².